The molecule has 3 aromatic carbocycles. The molecule has 0 N–H and O–H groups in total. The molecule has 3 aromatic rings. The first-order valence-electron chi connectivity index (χ1n) is 9.76. The van der Waals surface area contributed by atoms with E-state index in [-0.39, 0.29) is 12.3 Å². The molecule has 0 aromatic heterocycles. The Kier molecular flexibility index (Phi) is 5.21. The summed E-state index contributed by atoms with van der Waals surface area (Å²) in [6.07, 6.45) is 2.64. The van der Waals surface area contributed by atoms with Gasteiger partial charge in [0.1, 0.15) is 11.5 Å². The fourth-order valence-corrected chi connectivity index (χ4v) is 4.81. The topological polar surface area (TPSA) is 34.1 Å². The van der Waals surface area contributed by atoms with Gasteiger partial charge in [-0.05, 0) is 48.7 Å². The van der Waals surface area contributed by atoms with Crippen molar-refractivity contribution in [3.05, 3.63) is 87.9 Å². The van der Waals surface area contributed by atoms with Crippen molar-refractivity contribution in [1.29, 1.82) is 0 Å². The summed E-state index contributed by atoms with van der Waals surface area (Å²) in [4.78, 5) is 1.23. The van der Waals surface area contributed by atoms with Crippen LogP contribution in [0.5, 0.6) is 11.5 Å². The average Bonchev–Trinajstić information content (AvgIpc) is 3.25. The Morgan fingerprint density at radius 2 is 1.93 bits per heavy atom. The minimum Gasteiger partial charge on any atom is -0.497 e. The van der Waals surface area contributed by atoms with Gasteiger partial charge >= 0.3 is 0 Å². The van der Waals surface area contributed by atoms with Crippen LogP contribution in [0.4, 0.5) is 0 Å². The fourth-order valence-electron chi connectivity index (χ4n) is 4.02. The van der Waals surface area contributed by atoms with Gasteiger partial charge in [0, 0.05) is 32.5 Å². The van der Waals surface area contributed by atoms with E-state index >= 15 is 0 Å². The highest BCUT2D eigenvalue weighted by Crippen LogP contribution is 2.48. The van der Waals surface area contributed by atoms with Gasteiger partial charge < -0.3 is 9.47 Å². The third-order valence-electron chi connectivity index (χ3n) is 5.56. The summed E-state index contributed by atoms with van der Waals surface area (Å²) >= 11 is 5.35. The Hall–Kier alpha value is -2.44. The molecule has 2 atom stereocenters. The van der Waals surface area contributed by atoms with Crippen LogP contribution in [0, 0.1) is 0 Å². The molecule has 2 aliphatic rings. The zero-order chi connectivity index (χ0) is 20.7. The van der Waals surface area contributed by atoms with E-state index in [1.807, 2.05) is 30.3 Å². The van der Waals surface area contributed by atoms with Crippen LogP contribution in [0.15, 0.2) is 81.2 Å². The average molecular weight is 481 g/mol. The monoisotopic (exact) mass is 480 g/mol. The van der Waals surface area contributed by atoms with Crippen LogP contribution >= 0.6 is 27.7 Å². The number of methoxy groups -OCH3 is 1. The second-order valence-electron chi connectivity index (χ2n) is 7.30. The van der Waals surface area contributed by atoms with Gasteiger partial charge in [-0.2, -0.15) is 5.10 Å². The van der Waals surface area contributed by atoms with Gasteiger partial charge in [-0.1, -0.05) is 40.2 Å². The smallest absolute Gasteiger partial charge is 0.213 e. The first-order valence-corrected chi connectivity index (χ1v) is 11.8. The largest absolute Gasteiger partial charge is 0.497 e. The molecule has 0 bridgehead atoms. The summed E-state index contributed by atoms with van der Waals surface area (Å²) in [7, 11) is 1.69. The van der Waals surface area contributed by atoms with Gasteiger partial charge in [0.15, 0.2) is 0 Å². The highest BCUT2D eigenvalue weighted by Gasteiger charge is 2.41. The molecule has 2 heterocycles. The van der Waals surface area contributed by atoms with Crippen LogP contribution in [-0.2, 0) is 0 Å². The van der Waals surface area contributed by atoms with Crippen LogP contribution < -0.4 is 9.47 Å². The van der Waals surface area contributed by atoms with E-state index in [2.05, 4.69) is 63.6 Å². The molecular formula is C24H21BrN2O2S. The first kappa shape index (κ1) is 19.5. The zero-order valence-corrected chi connectivity index (χ0v) is 19.1. The number of benzene rings is 3. The lowest BCUT2D eigenvalue weighted by molar-refractivity contribution is -0.0191. The fraction of sp³-hybridized carbons (Fsp3) is 0.208. The normalized spacial score (nSPS) is 19.6. The van der Waals surface area contributed by atoms with Crippen molar-refractivity contribution in [3.8, 4) is 11.5 Å². The summed E-state index contributed by atoms with van der Waals surface area (Å²) in [5, 5.41) is 7.14. The van der Waals surface area contributed by atoms with Crippen molar-refractivity contribution >= 4 is 33.4 Å². The van der Waals surface area contributed by atoms with E-state index in [1.54, 1.807) is 18.9 Å². The van der Waals surface area contributed by atoms with E-state index in [0.717, 1.165) is 44.8 Å². The van der Waals surface area contributed by atoms with Crippen molar-refractivity contribution in [3.63, 3.8) is 0 Å². The third kappa shape index (κ3) is 3.48. The lowest BCUT2D eigenvalue weighted by Crippen LogP contribution is -2.33. The predicted octanol–water partition coefficient (Wildman–Crippen LogP) is 6.42. The molecule has 6 heteroatoms. The van der Waals surface area contributed by atoms with E-state index in [1.165, 1.54) is 4.90 Å². The SMILES string of the molecule is COc1cccc(C2=NN3[C@@H](c4ccc(SC)cc4)Oc4ccc(Br)cc4[C@@H]3C2)c1. The number of hydrazone groups is 1. The Labute approximate surface area is 189 Å². The summed E-state index contributed by atoms with van der Waals surface area (Å²) in [5.74, 6) is 1.75. The molecule has 0 unspecified atom stereocenters. The quantitative estimate of drug-likeness (QED) is 0.403. The van der Waals surface area contributed by atoms with E-state index in [9.17, 15) is 0 Å². The summed E-state index contributed by atoms with van der Waals surface area (Å²) in [5.41, 5.74) is 4.38. The zero-order valence-electron chi connectivity index (χ0n) is 16.7. The third-order valence-corrected chi connectivity index (χ3v) is 6.79. The van der Waals surface area contributed by atoms with Crippen molar-refractivity contribution in [2.24, 2.45) is 5.10 Å². The van der Waals surface area contributed by atoms with Gasteiger partial charge in [-0.25, -0.2) is 5.01 Å². The van der Waals surface area contributed by atoms with Crippen molar-refractivity contribution < 1.29 is 9.47 Å². The maximum Gasteiger partial charge on any atom is 0.213 e. The van der Waals surface area contributed by atoms with Gasteiger partial charge in [-0.3, -0.25) is 0 Å². The highest BCUT2D eigenvalue weighted by atomic mass is 79.9. The predicted molar refractivity (Wildman–Crippen MR) is 124 cm³/mol. The maximum atomic E-state index is 6.46. The van der Waals surface area contributed by atoms with Crippen LogP contribution in [0.1, 0.15) is 35.4 Å². The lowest BCUT2D eigenvalue weighted by Gasteiger charge is -2.38. The van der Waals surface area contributed by atoms with Crippen molar-refractivity contribution in [1.82, 2.24) is 5.01 Å². The number of halogens is 1. The van der Waals surface area contributed by atoms with E-state index in [0.29, 0.717) is 0 Å². The number of rotatable bonds is 4. The molecule has 0 radical (unpaired) electrons. The molecule has 4 nitrogen and oxygen atoms in total. The maximum absolute atomic E-state index is 6.46. The van der Waals surface area contributed by atoms with Crippen LogP contribution in [0.2, 0.25) is 0 Å². The molecule has 5 rings (SSSR count). The Morgan fingerprint density at radius 3 is 2.70 bits per heavy atom. The van der Waals surface area contributed by atoms with Gasteiger partial charge in [0.2, 0.25) is 6.23 Å². The minimum absolute atomic E-state index is 0.123. The molecule has 152 valence electrons. The molecule has 0 spiro atoms. The number of hydrogen-bond donors (Lipinski definition) is 0. The molecule has 2 aliphatic heterocycles. The van der Waals surface area contributed by atoms with Gasteiger partial charge in [0.25, 0.3) is 0 Å². The van der Waals surface area contributed by atoms with Crippen LogP contribution in [0.3, 0.4) is 0 Å². The van der Waals surface area contributed by atoms with Crippen LogP contribution in [-0.4, -0.2) is 24.1 Å². The number of nitrogens with zero attached hydrogens (tertiary/aromatic N) is 2. The number of fused-ring (bicyclic) bond motifs is 3. The standard InChI is InChI=1S/C24H21BrN2O2S/c1-28-18-5-3-4-16(12-18)21-14-22-20-13-17(25)8-11-23(20)29-24(27(22)26-21)15-6-9-19(30-2)10-7-15/h3-13,22,24H,14H2,1-2H3/t22-,24+/m0/s1. The number of thioether (sulfide) groups is 1. The van der Waals surface area contributed by atoms with E-state index in [4.69, 9.17) is 14.6 Å². The minimum atomic E-state index is -0.261. The van der Waals surface area contributed by atoms with Gasteiger partial charge in [-0.15, -0.1) is 11.8 Å². The molecular weight excluding hydrogens is 460 g/mol. The summed E-state index contributed by atoms with van der Waals surface area (Å²) in [6.45, 7) is 0. The Morgan fingerprint density at radius 1 is 1.10 bits per heavy atom. The lowest BCUT2D eigenvalue weighted by atomic mass is 9.96. The second-order valence-corrected chi connectivity index (χ2v) is 9.10. The molecule has 0 fully saturated rings. The molecule has 0 saturated heterocycles. The number of hydrogen-bond acceptors (Lipinski definition) is 5. The van der Waals surface area contributed by atoms with Crippen LogP contribution in [0.25, 0.3) is 0 Å². The Bertz CT molecular complexity index is 1120. The molecule has 0 saturated carbocycles. The number of ether oxygens (including phenoxy) is 2. The molecule has 0 aliphatic carbocycles. The van der Waals surface area contributed by atoms with E-state index < -0.39 is 0 Å². The summed E-state index contributed by atoms with van der Waals surface area (Å²) in [6, 6.07) is 23.0. The Balaban J connectivity index is 1.58. The molecule has 30 heavy (non-hydrogen) atoms. The van der Waals surface area contributed by atoms with Crippen molar-refractivity contribution in [2.75, 3.05) is 13.4 Å². The van der Waals surface area contributed by atoms with Crippen molar-refractivity contribution in [2.45, 2.75) is 23.6 Å². The molecule has 0 amide bonds. The summed E-state index contributed by atoms with van der Waals surface area (Å²) < 4.78 is 12.9. The first-order chi connectivity index (χ1) is 14.7. The highest BCUT2D eigenvalue weighted by molar-refractivity contribution is 9.10. The second kappa shape index (κ2) is 8.00. The van der Waals surface area contributed by atoms with Gasteiger partial charge in [0.05, 0.1) is 18.9 Å².